The molecule has 2 atom stereocenters. The Bertz CT molecular complexity index is 584. The molecule has 1 saturated carbocycles. The zero-order valence-electron chi connectivity index (χ0n) is 10.5. The van der Waals surface area contributed by atoms with Crippen LogP contribution in [0.5, 0.6) is 0 Å². The summed E-state index contributed by atoms with van der Waals surface area (Å²) in [6.45, 7) is 2.00. The summed E-state index contributed by atoms with van der Waals surface area (Å²) >= 11 is 17.7. The molecule has 1 aromatic heterocycles. The van der Waals surface area contributed by atoms with Crippen LogP contribution >= 0.6 is 34.8 Å². The van der Waals surface area contributed by atoms with E-state index < -0.39 is 5.97 Å². The van der Waals surface area contributed by atoms with Gasteiger partial charge in [-0.1, -0.05) is 34.8 Å². The number of aromatic nitrogens is 1. The van der Waals surface area contributed by atoms with Gasteiger partial charge in [-0.05, 0) is 18.9 Å². The predicted molar refractivity (Wildman–Crippen MR) is 78.1 cm³/mol. The third-order valence-electron chi connectivity index (χ3n) is 3.93. The van der Waals surface area contributed by atoms with E-state index in [1.165, 1.54) is 0 Å². The van der Waals surface area contributed by atoms with Gasteiger partial charge in [0, 0.05) is 19.1 Å². The topological polar surface area (TPSA) is 65.5 Å². The average molecular weight is 337 g/mol. The molecular weight excluding hydrogens is 325 g/mol. The highest BCUT2D eigenvalue weighted by Gasteiger charge is 2.55. The highest BCUT2D eigenvalue weighted by molar-refractivity contribution is 6.49. The van der Waals surface area contributed by atoms with E-state index in [2.05, 4.69) is 22.2 Å². The third-order valence-corrected chi connectivity index (χ3v) is 5.15. The number of carbonyl (C=O) groups is 1. The molecule has 0 radical (unpaired) electrons. The van der Waals surface area contributed by atoms with E-state index in [1.54, 1.807) is 0 Å². The van der Waals surface area contributed by atoms with Crippen LogP contribution in [0.25, 0.3) is 0 Å². The van der Waals surface area contributed by atoms with Crippen LogP contribution in [0.2, 0.25) is 15.2 Å². The second-order valence-corrected chi connectivity index (χ2v) is 6.39. The second kappa shape index (κ2) is 4.91. The number of aromatic carboxylic acids is 1. The largest absolute Gasteiger partial charge is 0.478 e. The number of carboxylic acids is 1. The van der Waals surface area contributed by atoms with Crippen molar-refractivity contribution in [3.05, 3.63) is 20.8 Å². The minimum atomic E-state index is -1.17. The maximum absolute atomic E-state index is 11.3. The van der Waals surface area contributed by atoms with E-state index in [1.807, 2.05) is 0 Å². The van der Waals surface area contributed by atoms with Crippen molar-refractivity contribution in [2.45, 2.75) is 6.04 Å². The minimum absolute atomic E-state index is 0.00657. The first kappa shape index (κ1) is 14.2. The lowest BCUT2D eigenvalue weighted by Gasteiger charge is -2.16. The van der Waals surface area contributed by atoms with Gasteiger partial charge in [0.15, 0.2) is 5.15 Å². The number of likely N-dealkylation sites (tertiary alicyclic amines) is 1. The number of carboxylic acid groups (broad SMARTS) is 1. The standard InChI is InChI=1S/C12H12Cl3N3O2/c1-18-2-4-5(3-18)9(4)16-11-6(12(19)20)7(13)8(14)10(15)17-11/h4-5,9H,2-3H2,1H3,(H,16,17)(H,19,20). The summed E-state index contributed by atoms with van der Waals surface area (Å²) in [5.74, 6) is 0.0683. The molecule has 2 fully saturated rings. The lowest BCUT2D eigenvalue weighted by atomic mass is 10.2. The zero-order valence-corrected chi connectivity index (χ0v) is 12.8. The van der Waals surface area contributed by atoms with Crippen LogP contribution in [0, 0.1) is 11.8 Å². The van der Waals surface area contributed by atoms with Crippen molar-refractivity contribution in [2.24, 2.45) is 11.8 Å². The van der Waals surface area contributed by atoms with E-state index in [0.29, 0.717) is 11.8 Å². The molecule has 108 valence electrons. The van der Waals surface area contributed by atoms with Crippen molar-refractivity contribution in [3.63, 3.8) is 0 Å². The highest BCUT2D eigenvalue weighted by atomic mass is 35.5. The van der Waals surface area contributed by atoms with Crippen LogP contribution in [0.3, 0.4) is 0 Å². The third kappa shape index (κ3) is 2.22. The second-order valence-electron chi connectivity index (χ2n) is 5.28. The van der Waals surface area contributed by atoms with E-state index in [4.69, 9.17) is 34.8 Å². The molecule has 1 aromatic rings. The number of fused-ring (bicyclic) bond motifs is 1. The van der Waals surface area contributed by atoms with E-state index in [9.17, 15) is 9.90 Å². The number of hydrogen-bond donors (Lipinski definition) is 2. The molecule has 1 aliphatic heterocycles. The van der Waals surface area contributed by atoms with Crippen LogP contribution in [0.15, 0.2) is 0 Å². The Balaban J connectivity index is 1.88. The van der Waals surface area contributed by atoms with Gasteiger partial charge < -0.3 is 15.3 Å². The fourth-order valence-corrected chi connectivity index (χ4v) is 3.54. The maximum atomic E-state index is 11.3. The first-order chi connectivity index (χ1) is 9.40. The predicted octanol–water partition coefficient (Wildman–Crippen LogP) is 2.71. The van der Waals surface area contributed by atoms with E-state index >= 15 is 0 Å². The van der Waals surface area contributed by atoms with Crippen molar-refractivity contribution in [2.75, 3.05) is 25.5 Å². The number of halogens is 3. The molecular formula is C12H12Cl3N3O2. The van der Waals surface area contributed by atoms with Gasteiger partial charge in [-0.15, -0.1) is 0 Å². The number of nitrogens with zero attached hydrogens (tertiary/aromatic N) is 2. The fraction of sp³-hybridized carbons (Fsp3) is 0.500. The molecule has 5 nitrogen and oxygen atoms in total. The number of nitrogens with one attached hydrogen (secondary N) is 1. The van der Waals surface area contributed by atoms with Gasteiger partial charge in [0.1, 0.15) is 11.4 Å². The summed E-state index contributed by atoms with van der Waals surface area (Å²) in [5, 5.41) is 12.3. The van der Waals surface area contributed by atoms with Crippen molar-refractivity contribution in [1.82, 2.24) is 9.88 Å². The lowest BCUT2D eigenvalue weighted by Crippen LogP contribution is -2.25. The monoisotopic (exact) mass is 335 g/mol. The molecule has 0 bridgehead atoms. The Labute approximate surface area is 130 Å². The molecule has 0 spiro atoms. The molecule has 8 heteroatoms. The average Bonchev–Trinajstić information content (AvgIpc) is 2.82. The van der Waals surface area contributed by atoms with Gasteiger partial charge in [0.05, 0.1) is 10.0 Å². The number of rotatable bonds is 3. The number of pyridine rings is 1. The Kier molecular flexibility index (Phi) is 3.49. The summed E-state index contributed by atoms with van der Waals surface area (Å²) < 4.78 is 0. The van der Waals surface area contributed by atoms with Crippen molar-refractivity contribution in [1.29, 1.82) is 0 Å². The van der Waals surface area contributed by atoms with Gasteiger partial charge in [0.2, 0.25) is 0 Å². The number of piperidine rings is 1. The Morgan fingerprint density at radius 1 is 1.30 bits per heavy atom. The molecule has 2 aliphatic rings. The molecule has 2 N–H and O–H groups in total. The smallest absolute Gasteiger partial charge is 0.341 e. The van der Waals surface area contributed by atoms with Gasteiger partial charge >= 0.3 is 5.97 Å². The molecule has 2 heterocycles. The molecule has 3 rings (SSSR count). The zero-order chi connectivity index (χ0) is 14.6. The summed E-state index contributed by atoms with van der Waals surface area (Å²) in [5.41, 5.74) is -0.126. The molecule has 0 amide bonds. The maximum Gasteiger partial charge on any atom is 0.341 e. The highest BCUT2D eigenvalue weighted by Crippen LogP contribution is 2.47. The quantitative estimate of drug-likeness (QED) is 0.831. The SMILES string of the molecule is CN1CC2C(C1)C2Nc1nc(Cl)c(Cl)c(Cl)c1C(=O)O. The molecule has 20 heavy (non-hydrogen) atoms. The van der Waals surface area contributed by atoms with Gasteiger partial charge in [-0.2, -0.15) is 0 Å². The normalized spacial score (nSPS) is 28.3. The minimum Gasteiger partial charge on any atom is -0.478 e. The van der Waals surface area contributed by atoms with Gasteiger partial charge in [-0.3, -0.25) is 0 Å². The van der Waals surface area contributed by atoms with E-state index in [0.717, 1.165) is 13.1 Å². The van der Waals surface area contributed by atoms with Crippen LogP contribution in [0.4, 0.5) is 5.82 Å². The lowest BCUT2D eigenvalue weighted by molar-refractivity contribution is 0.0697. The van der Waals surface area contributed by atoms with Gasteiger partial charge in [-0.25, -0.2) is 9.78 Å². The Morgan fingerprint density at radius 3 is 2.45 bits per heavy atom. The summed E-state index contributed by atoms with van der Waals surface area (Å²) in [6, 6.07) is 0.227. The summed E-state index contributed by atoms with van der Waals surface area (Å²) in [7, 11) is 2.07. The van der Waals surface area contributed by atoms with Crippen LogP contribution in [0.1, 0.15) is 10.4 Å². The Morgan fingerprint density at radius 2 is 1.90 bits per heavy atom. The van der Waals surface area contributed by atoms with Gasteiger partial charge in [0.25, 0.3) is 0 Å². The molecule has 0 aromatic carbocycles. The number of anilines is 1. The van der Waals surface area contributed by atoms with E-state index in [-0.39, 0.29) is 32.6 Å². The Hall–Kier alpha value is -0.750. The molecule has 1 saturated heterocycles. The van der Waals surface area contributed by atoms with Crippen molar-refractivity contribution < 1.29 is 9.90 Å². The summed E-state index contributed by atoms with van der Waals surface area (Å²) in [4.78, 5) is 17.6. The first-order valence-electron chi connectivity index (χ1n) is 6.13. The first-order valence-corrected chi connectivity index (χ1v) is 7.26. The fourth-order valence-electron chi connectivity index (χ4n) is 2.92. The van der Waals surface area contributed by atoms with Crippen molar-refractivity contribution >= 4 is 46.6 Å². The number of hydrogen-bond acceptors (Lipinski definition) is 4. The molecule has 1 aliphatic carbocycles. The van der Waals surface area contributed by atoms with Crippen LogP contribution in [-0.4, -0.2) is 47.1 Å². The van der Waals surface area contributed by atoms with Crippen molar-refractivity contribution in [3.8, 4) is 0 Å². The molecule has 2 unspecified atom stereocenters. The van der Waals surface area contributed by atoms with Crippen LogP contribution in [-0.2, 0) is 0 Å². The van der Waals surface area contributed by atoms with Crippen LogP contribution < -0.4 is 5.32 Å². The summed E-state index contributed by atoms with van der Waals surface area (Å²) in [6.07, 6.45) is 0.